The number of nitrogens with one attached hydrogen (secondary N) is 1. The minimum absolute atomic E-state index is 0.115. The fraction of sp³-hybridized carbons (Fsp3) is 0.217. The molecule has 1 aliphatic heterocycles. The molecule has 0 spiro atoms. The van der Waals surface area contributed by atoms with Gasteiger partial charge in [-0.2, -0.15) is 4.99 Å². The van der Waals surface area contributed by atoms with Crippen molar-refractivity contribution in [2.45, 2.75) is 31.4 Å². The van der Waals surface area contributed by atoms with Gasteiger partial charge in [-0.15, -0.1) is 0 Å². The van der Waals surface area contributed by atoms with Gasteiger partial charge in [-0.1, -0.05) is 30.3 Å². The number of fused-ring (bicyclic) bond motifs is 2. The van der Waals surface area contributed by atoms with Gasteiger partial charge in [-0.25, -0.2) is 0 Å². The molecule has 2 aromatic carbocycles. The van der Waals surface area contributed by atoms with E-state index in [-0.39, 0.29) is 18.0 Å². The first-order chi connectivity index (χ1) is 13.8. The minimum Gasteiger partial charge on any atom is -0.456 e. The van der Waals surface area contributed by atoms with Crippen LogP contribution >= 0.6 is 0 Å². The smallest absolute Gasteiger partial charge is 0.287 e. The van der Waals surface area contributed by atoms with Crippen molar-refractivity contribution in [1.29, 1.82) is 0 Å². The third kappa shape index (κ3) is 3.09. The zero-order chi connectivity index (χ0) is 18.9. The highest BCUT2D eigenvalue weighted by Crippen LogP contribution is 2.47. The van der Waals surface area contributed by atoms with Crippen LogP contribution in [0.15, 0.2) is 72.0 Å². The maximum atomic E-state index is 6.06. The van der Waals surface area contributed by atoms with Gasteiger partial charge in [0.05, 0.1) is 5.69 Å². The highest BCUT2D eigenvalue weighted by molar-refractivity contribution is 5.79. The average molecular weight is 370 g/mol. The van der Waals surface area contributed by atoms with E-state index in [1.165, 1.54) is 11.1 Å². The van der Waals surface area contributed by atoms with E-state index in [0.717, 1.165) is 41.9 Å². The summed E-state index contributed by atoms with van der Waals surface area (Å²) < 4.78 is 6.06. The molecule has 2 heterocycles. The topological polar surface area (TPSA) is 72.5 Å². The van der Waals surface area contributed by atoms with Crippen LogP contribution in [0.4, 0.5) is 11.4 Å². The molecule has 3 aromatic rings. The number of rotatable bonds is 4. The fourth-order valence-corrected chi connectivity index (χ4v) is 4.24. The molecule has 5 rings (SSSR count). The van der Waals surface area contributed by atoms with Crippen LogP contribution < -0.4 is 11.1 Å². The second-order valence-electron chi connectivity index (χ2n) is 7.32. The molecule has 140 valence electrons. The lowest BCUT2D eigenvalue weighted by Gasteiger charge is -2.30. The Kier molecular flexibility index (Phi) is 4.20. The van der Waals surface area contributed by atoms with Gasteiger partial charge in [0.25, 0.3) is 6.02 Å². The van der Waals surface area contributed by atoms with E-state index in [1.54, 1.807) is 6.20 Å². The molecule has 0 radical (unpaired) electrons. The average Bonchev–Trinajstić information content (AvgIpc) is 3.16. The molecule has 0 fully saturated rings. The number of pyridine rings is 1. The Hall–Kier alpha value is -3.34. The highest BCUT2D eigenvalue weighted by Gasteiger charge is 2.35. The van der Waals surface area contributed by atoms with Crippen molar-refractivity contribution < 1.29 is 4.74 Å². The summed E-state index contributed by atoms with van der Waals surface area (Å²) in [6, 6.07) is 19.1. The predicted molar refractivity (Wildman–Crippen MR) is 111 cm³/mol. The van der Waals surface area contributed by atoms with Crippen LogP contribution in [0.3, 0.4) is 0 Å². The Balaban J connectivity index is 1.45. The Morgan fingerprint density at radius 1 is 1.07 bits per heavy atom. The van der Waals surface area contributed by atoms with Gasteiger partial charge in [-0.05, 0) is 53.8 Å². The first-order valence-electron chi connectivity index (χ1n) is 9.63. The van der Waals surface area contributed by atoms with Crippen LogP contribution in [0.25, 0.3) is 0 Å². The minimum atomic E-state index is -0.115. The van der Waals surface area contributed by atoms with Crippen molar-refractivity contribution in [1.82, 2.24) is 4.98 Å². The summed E-state index contributed by atoms with van der Waals surface area (Å²) in [7, 11) is 0. The fourth-order valence-electron chi connectivity index (χ4n) is 4.24. The lowest BCUT2D eigenvalue weighted by atomic mass is 9.89. The van der Waals surface area contributed by atoms with Crippen LogP contribution in [0.5, 0.6) is 0 Å². The lowest BCUT2D eigenvalue weighted by molar-refractivity contribution is 0.151. The number of hydrogen-bond donors (Lipinski definition) is 2. The quantitative estimate of drug-likeness (QED) is 0.712. The molecule has 1 aromatic heterocycles. The SMILES string of the molecule is NC1=Nc2ccc(NCc3cccnc3)cc2[C@@H](C2CCc3ccccc32)O1. The molecule has 0 saturated heterocycles. The monoisotopic (exact) mass is 370 g/mol. The van der Waals surface area contributed by atoms with Gasteiger partial charge < -0.3 is 15.8 Å². The molecule has 0 bridgehead atoms. The third-order valence-electron chi connectivity index (χ3n) is 5.58. The van der Waals surface area contributed by atoms with Gasteiger partial charge in [0.2, 0.25) is 0 Å². The zero-order valence-corrected chi connectivity index (χ0v) is 15.5. The Labute approximate surface area is 164 Å². The molecule has 0 saturated carbocycles. The molecule has 3 N–H and O–H groups in total. The number of aliphatic imine (C=N–C) groups is 1. The van der Waals surface area contributed by atoms with E-state index in [4.69, 9.17) is 10.5 Å². The largest absolute Gasteiger partial charge is 0.456 e. The van der Waals surface area contributed by atoms with Crippen LogP contribution in [0.1, 0.15) is 40.7 Å². The summed E-state index contributed by atoms with van der Waals surface area (Å²) in [5.41, 5.74) is 12.9. The Bertz CT molecular complexity index is 1030. The molecule has 2 atom stereocenters. The number of amidine groups is 1. The van der Waals surface area contributed by atoms with Crippen LogP contribution in [-0.4, -0.2) is 11.0 Å². The number of nitrogens with two attached hydrogens (primary N) is 1. The van der Waals surface area contributed by atoms with Crippen molar-refractivity contribution >= 4 is 17.4 Å². The molecule has 28 heavy (non-hydrogen) atoms. The number of aromatic nitrogens is 1. The summed E-state index contributed by atoms with van der Waals surface area (Å²) in [4.78, 5) is 8.59. The van der Waals surface area contributed by atoms with E-state index in [9.17, 15) is 0 Å². The first kappa shape index (κ1) is 16.8. The van der Waals surface area contributed by atoms with Gasteiger partial charge >= 0.3 is 0 Å². The number of benzene rings is 2. The molecule has 1 aliphatic carbocycles. The summed E-state index contributed by atoms with van der Waals surface area (Å²) in [6.07, 6.45) is 5.68. The normalized spacial score (nSPS) is 19.9. The van der Waals surface area contributed by atoms with Crippen molar-refractivity contribution in [3.63, 3.8) is 0 Å². The molecular weight excluding hydrogens is 348 g/mol. The van der Waals surface area contributed by atoms with Crippen molar-refractivity contribution in [3.8, 4) is 0 Å². The van der Waals surface area contributed by atoms with E-state index < -0.39 is 0 Å². The number of ether oxygens (including phenoxy) is 1. The van der Waals surface area contributed by atoms with Crippen molar-refractivity contribution in [2.24, 2.45) is 10.7 Å². The zero-order valence-electron chi connectivity index (χ0n) is 15.5. The van der Waals surface area contributed by atoms with Crippen molar-refractivity contribution in [2.75, 3.05) is 5.32 Å². The van der Waals surface area contributed by atoms with Gasteiger partial charge in [0.1, 0.15) is 6.10 Å². The predicted octanol–water partition coefficient (Wildman–Crippen LogP) is 4.44. The van der Waals surface area contributed by atoms with E-state index in [1.807, 2.05) is 24.4 Å². The molecule has 5 heteroatoms. The first-order valence-corrected chi connectivity index (χ1v) is 9.63. The van der Waals surface area contributed by atoms with E-state index in [0.29, 0.717) is 0 Å². The second kappa shape index (κ2) is 7.00. The van der Waals surface area contributed by atoms with Crippen LogP contribution in [-0.2, 0) is 17.7 Å². The number of hydrogen-bond acceptors (Lipinski definition) is 5. The Morgan fingerprint density at radius 2 is 2.00 bits per heavy atom. The summed E-state index contributed by atoms with van der Waals surface area (Å²) >= 11 is 0. The molecule has 0 amide bonds. The molecule has 1 unspecified atom stereocenters. The summed E-state index contributed by atoms with van der Waals surface area (Å²) in [5, 5.41) is 3.48. The maximum absolute atomic E-state index is 6.06. The maximum Gasteiger partial charge on any atom is 0.287 e. The van der Waals surface area contributed by atoms with Gasteiger partial charge in [-0.3, -0.25) is 4.98 Å². The number of nitrogens with zero attached hydrogens (tertiary/aromatic N) is 2. The summed E-state index contributed by atoms with van der Waals surface area (Å²) in [5.74, 6) is 0.289. The summed E-state index contributed by atoms with van der Waals surface area (Å²) in [6.45, 7) is 0.718. The Morgan fingerprint density at radius 3 is 2.89 bits per heavy atom. The van der Waals surface area contributed by atoms with Gasteiger partial charge in [0.15, 0.2) is 0 Å². The van der Waals surface area contributed by atoms with E-state index in [2.05, 4.69) is 51.7 Å². The third-order valence-corrected chi connectivity index (χ3v) is 5.58. The lowest BCUT2D eigenvalue weighted by Crippen LogP contribution is -2.26. The molecule has 2 aliphatic rings. The second-order valence-corrected chi connectivity index (χ2v) is 7.32. The van der Waals surface area contributed by atoms with Gasteiger partial charge in [0, 0.05) is 36.1 Å². The van der Waals surface area contributed by atoms with E-state index >= 15 is 0 Å². The van der Waals surface area contributed by atoms with Crippen molar-refractivity contribution in [3.05, 3.63) is 89.2 Å². The molecular formula is C23H22N4O. The number of anilines is 1. The van der Waals surface area contributed by atoms with Crippen LogP contribution in [0, 0.1) is 0 Å². The van der Waals surface area contributed by atoms with Crippen LogP contribution in [0.2, 0.25) is 0 Å². The number of aryl methyl sites for hydroxylation is 1. The highest BCUT2D eigenvalue weighted by atomic mass is 16.5. The molecule has 5 nitrogen and oxygen atoms in total. The standard InChI is InChI=1S/C23H22N4O/c24-23-27-21-10-8-17(26-14-15-4-3-11-25-13-15)12-20(21)22(28-23)19-9-7-16-5-1-2-6-18(16)19/h1-6,8,10-13,19,22,26H,7,9,14H2,(H2,24,27)/t19?,22-/m1/s1.